The Morgan fingerprint density at radius 3 is 2.63 bits per heavy atom. The minimum atomic E-state index is -4.50. The Balaban J connectivity index is 2.37. The van der Waals surface area contributed by atoms with E-state index in [1.807, 2.05) is 0 Å². The molecule has 1 aromatic rings. The number of carboxylic acid groups (broad SMARTS) is 1. The van der Waals surface area contributed by atoms with Crippen LogP contribution >= 0.6 is 0 Å². The van der Waals surface area contributed by atoms with Crippen LogP contribution in [0.5, 0.6) is 0 Å². The van der Waals surface area contributed by atoms with Crippen molar-refractivity contribution >= 4 is 11.9 Å². The molecule has 2 atom stereocenters. The fourth-order valence-electron chi connectivity index (χ4n) is 2.16. The highest BCUT2D eigenvalue weighted by atomic mass is 19.4. The van der Waals surface area contributed by atoms with Gasteiger partial charge in [0.2, 0.25) is 5.91 Å². The van der Waals surface area contributed by atoms with Gasteiger partial charge in [0.25, 0.3) is 0 Å². The minimum Gasteiger partial charge on any atom is -0.481 e. The van der Waals surface area contributed by atoms with Crippen molar-refractivity contribution in [2.24, 2.45) is 5.92 Å². The van der Waals surface area contributed by atoms with Gasteiger partial charge < -0.3 is 10.4 Å². The van der Waals surface area contributed by atoms with Crippen LogP contribution in [0.15, 0.2) is 24.3 Å². The molecule has 2 rings (SSSR count). The quantitative estimate of drug-likeness (QED) is 0.805. The van der Waals surface area contributed by atoms with E-state index in [1.165, 1.54) is 12.1 Å². The summed E-state index contributed by atoms with van der Waals surface area (Å²) in [7, 11) is 0. The third-order valence-corrected chi connectivity index (χ3v) is 3.09. The fraction of sp³-hybridized carbons (Fsp3) is 0.333. The zero-order valence-electron chi connectivity index (χ0n) is 9.57. The van der Waals surface area contributed by atoms with Crippen LogP contribution in [0, 0.1) is 5.92 Å². The van der Waals surface area contributed by atoms with Crippen LogP contribution in [0.2, 0.25) is 0 Å². The Kier molecular flexibility index (Phi) is 3.21. The molecule has 7 heteroatoms. The van der Waals surface area contributed by atoms with Gasteiger partial charge in [-0.1, -0.05) is 18.2 Å². The van der Waals surface area contributed by atoms with Crippen LogP contribution < -0.4 is 5.32 Å². The highest BCUT2D eigenvalue weighted by Crippen LogP contribution is 2.34. The van der Waals surface area contributed by atoms with E-state index in [0.29, 0.717) is 0 Å². The predicted octanol–water partition coefficient (Wildman–Crippen LogP) is 1.62. The average molecular weight is 273 g/mol. The number of alkyl halides is 3. The Bertz CT molecular complexity index is 527. The lowest BCUT2D eigenvalue weighted by Gasteiger charge is -2.15. The summed E-state index contributed by atoms with van der Waals surface area (Å²) in [5, 5.41) is 11.3. The molecule has 0 aliphatic carbocycles. The second-order valence-electron chi connectivity index (χ2n) is 4.29. The first-order valence-corrected chi connectivity index (χ1v) is 5.48. The molecule has 0 saturated carbocycles. The molecule has 0 bridgehead atoms. The Hall–Kier alpha value is -2.05. The molecule has 0 aromatic heterocycles. The lowest BCUT2D eigenvalue weighted by molar-refractivity contribution is -0.145. The smallest absolute Gasteiger partial charge is 0.416 e. The molecular formula is C12H10F3NO3. The van der Waals surface area contributed by atoms with Gasteiger partial charge in [-0.15, -0.1) is 0 Å². The maximum Gasteiger partial charge on any atom is 0.416 e. The number of rotatable bonds is 2. The van der Waals surface area contributed by atoms with Gasteiger partial charge in [-0.25, -0.2) is 0 Å². The SMILES string of the molecule is O=C(O)[C@H]1C(=O)NCC1c1cccc(C(F)(F)F)c1. The first-order valence-electron chi connectivity index (χ1n) is 5.48. The second-order valence-corrected chi connectivity index (χ2v) is 4.29. The number of carbonyl (C=O) groups excluding carboxylic acids is 1. The summed E-state index contributed by atoms with van der Waals surface area (Å²) in [6.45, 7) is 0.0249. The molecule has 1 aromatic carbocycles. The van der Waals surface area contributed by atoms with E-state index in [9.17, 15) is 22.8 Å². The molecule has 1 amide bonds. The van der Waals surface area contributed by atoms with Gasteiger partial charge in [-0.2, -0.15) is 13.2 Å². The standard InChI is InChI=1S/C12H10F3NO3/c13-12(14,15)7-3-1-2-6(4-7)8-5-16-10(17)9(8)11(18)19/h1-4,8-9H,5H2,(H,16,17)(H,18,19)/t8?,9-/m1/s1. The fourth-order valence-corrected chi connectivity index (χ4v) is 2.16. The molecule has 0 spiro atoms. The number of carbonyl (C=O) groups is 2. The Labute approximate surface area is 106 Å². The molecular weight excluding hydrogens is 263 g/mol. The van der Waals surface area contributed by atoms with E-state index in [-0.39, 0.29) is 12.1 Å². The van der Waals surface area contributed by atoms with Crippen molar-refractivity contribution in [2.45, 2.75) is 12.1 Å². The molecule has 1 unspecified atom stereocenters. The molecule has 1 aliphatic rings. The summed E-state index contributed by atoms with van der Waals surface area (Å²) in [5.41, 5.74) is -0.658. The van der Waals surface area contributed by atoms with Crippen LogP contribution in [0.3, 0.4) is 0 Å². The molecule has 19 heavy (non-hydrogen) atoms. The van der Waals surface area contributed by atoms with E-state index in [2.05, 4.69) is 5.32 Å². The number of benzene rings is 1. The molecule has 2 N–H and O–H groups in total. The number of amides is 1. The number of carboxylic acids is 1. The number of nitrogens with one attached hydrogen (secondary N) is 1. The van der Waals surface area contributed by atoms with Crippen molar-refractivity contribution < 1.29 is 27.9 Å². The topological polar surface area (TPSA) is 66.4 Å². The average Bonchev–Trinajstić information content (AvgIpc) is 2.70. The van der Waals surface area contributed by atoms with E-state index in [1.54, 1.807) is 0 Å². The highest BCUT2D eigenvalue weighted by Gasteiger charge is 2.41. The van der Waals surface area contributed by atoms with Gasteiger partial charge in [0.15, 0.2) is 0 Å². The number of halogens is 3. The van der Waals surface area contributed by atoms with Gasteiger partial charge in [0.05, 0.1) is 5.56 Å². The zero-order chi connectivity index (χ0) is 14.2. The van der Waals surface area contributed by atoms with E-state index >= 15 is 0 Å². The third-order valence-electron chi connectivity index (χ3n) is 3.09. The lowest BCUT2D eigenvalue weighted by Crippen LogP contribution is -2.26. The Morgan fingerprint density at radius 1 is 1.37 bits per heavy atom. The van der Waals surface area contributed by atoms with Gasteiger partial charge in [0.1, 0.15) is 5.92 Å². The molecule has 1 aliphatic heterocycles. The first kappa shape index (κ1) is 13.4. The maximum absolute atomic E-state index is 12.6. The van der Waals surface area contributed by atoms with Crippen LogP contribution in [-0.2, 0) is 15.8 Å². The molecule has 4 nitrogen and oxygen atoms in total. The molecule has 1 heterocycles. The minimum absolute atomic E-state index is 0.0249. The van der Waals surface area contributed by atoms with Crippen LogP contribution in [0.4, 0.5) is 13.2 Å². The molecule has 102 valence electrons. The van der Waals surface area contributed by atoms with Crippen LogP contribution in [0.25, 0.3) is 0 Å². The van der Waals surface area contributed by atoms with Crippen molar-refractivity contribution in [3.8, 4) is 0 Å². The summed E-state index contributed by atoms with van der Waals surface area (Å²) in [5.74, 6) is -4.14. The summed E-state index contributed by atoms with van der Waals surface area (Å²) < 4.78 is 37.8. The van der Waals surface area contributed by atoms with Gasteiger partial charge >= 0.3 is 12.1 Å². The normalized spacial score (nSPS) is 23.2. The van der Waals surface area contributed by atoms with Crippen LogP contribution in [0.1, 0.15) is 17.0 Å². The lowest BCUT2D eigenvalue weighted by atomic mass is 9.88. The van der Waals surface area contributed by atoms with Crippen molar-refractivity contribution in [2.75, 3.05) is 6.54 Å². The first-order chi connectivity index (χ1) is 8.80. The van der Waals surface area contributed by atoms with E-state index < -0.39 is 35.5 Å². The molecule has 1 saturated heterocycles. The molecule has 0 radical (unpaired) electrons. The third kappa shape index (κ3) is 2.54. The van der Waals surface area contributed by atoms with Gasteiger partial charge in [0, 0.05) is 12.5 Å². The van der Waals surface area contributed by atoms with Gasteiger partial charge in [-0.3, -0.25) is 9.59 Å². The summed E-state index contributed by atoms with van der Waals surface area (Å²) >= 11 is 0. The highest BCUT2D eigenvalue weighted by molar-refractivity contribution is 5.99. The van der Waals surface area contributed by atoms with Gasteiger partial charge in [-0.05, 0) is 11.6 Å². The van der Waals surface area contributed by atoms with Crippen LogP contribution in [-0.4, -0.2) is 23.5 Å². The zero-order valence-corrected chi connectivity index (χ0v) is 9.57. The van der Waals surface area contributed by atoms with E-state index in [0.717, 1.165) is 12.1 Å². The number of hydrogen-bond acceptors (Lipinski definition) is 2. The second kappa shape index (κ2) is 4.56. The van der Waals surface area contributed by atoms with Crippen molar-refractivity contribution in [3.63, 3.8) is 0 Å². The van der Waals surface area contributed by atoms with E-state index in [4.69, 9.17) is 5.11 Å². The monoisotopic (exact) mass is 273 g/mol. The number of aliphatic carboxylic acids is 1. The molecule has 1 fully saturated rings. The predicted molar refractivity (Wildman–Crippen MR) is 58.3 cm³/mol. The Morgan fingerprint density at radius 2 is 2.05 bits per heavy atom. The maximum atomic E-state index is 12.6. The summed E-state index contributed by atoms with van der Waals surface area (Å²) in [6.07, 6.45) is -4.50. The van der Waals surface area contributed by atoms with Crippen molar-refractivity contribution in [3.05, 3.63) is 35.4 Å². The summed E-state index contributed by atoms with van der Waals surface area (Å²) in [4.78, 5) is 22.4. The van der Waals surface area contributed by atoms with Crippen molar-refractivity contribution in [1.82, 2.24) is 5.32 Å². The van der Waals surface area contributed by atoms with Crippen molar-refractivity contribution in [1.29, 1.82) is 0 Å². The largest absolute Gasteiger partial charge is 0.481 e. The summed E-state index contributed by atoms with van der Waals surface area (Å²) in [6, 6.07) is 4.40. The number of hydrogen-bond donors (Lipinski definition) is 2.